The van der Waals surface area contributed by atoms with Gasteiger partial charge in [0.2, 0.25) is 11.8 Å². The Morgan fingerprint density at radius 1 is 1.41 bits per heavy atom. The van der Waals surface area contributed by atoms with Gasteiger partial charge < -0.3 is 15.2 Å². The minimum absolute atomic E-state index is 0.0863. The number of hydrogen-bond donors (Lipinski definition) is 2. The Hall–Kier alpha value is -2.67. The molecule has 0 aliphatic carbocycles. The molecule has 0 saturated carbocycles. The summed E-state index contributed by atoms with van der Waals surface area (Å²) < 4.78 is 5.09. The molecule has 1 aromatic carbocycles. The monoisotopic (exact) mass is 374 g/mol. The fraction of sp³-hybridized carbons (Fsp3) is 0.450. The summed E-state index contributed by atoms with van der Waals surface area (Å²) in [5, 5.41) is 11.7. The maximum absolute atomic E-state index is 13.0. The molecule has 0 aromatic heterocycles. The number of hydrogen-bond acceptors (Lipinski definition) is 5. The van der Waals surface area contributed by atoms with Crippen molar-refractivity contribution in [1.29, 1.82) is 0 Å². The Labute approximate surface area is 159 Å². The molecule has 27 heavy (non-hydrogen) atoms. The maximum Gasteiger partial charge on any atom is 0.416 e. The SMILES string of the molecule is C=CC[C@H](CC(=O)N[C@@H](C)CO)C(=O)N1C(=O)OC[C@@H]1Cc1ccccc1. The lowest BCUT2D eigenvalue weighted by atomic mass is 9.97. The van der Waals surface area contributed by atoms with Crippen LogP contribution in [0.4, 0.5) is 4.79 Å². The zero-order valence-electron chi connectivity index (χ0n) is 15.5. The van der Waals surface area contributed by atoms with E-state index in [9.17, 15) is 14.4 Å². The summed E-state index contributed by atoms with van der Waals surface area (Å²) in [6.07, 6.45) is 1.55. The first-order valence-corrected chi connectivity index (χ1v) is 9.01. The summed E-state index contributed by atoms with van der Waals surface area (Å²) in [4.78, 5) is 38.4. The molecule has 1 heterocycles. The van der Waals surface area contributed by atoms with Crippen LogP contribution in [-0.4, -0.2) is 53.2 Å². The van der Waals surface area contributed by atoms with Gasteiger partial charge in [0, 0.05) is 12.5 Å². The van der Waals surface area contributed by atoms with Gasteiger partial charge >= 0.3 is 6.09 Å². The highest BCUT2D eigenvalue weighted by atomic mass is 16.6. The maximum atomic E-state index is 13.0. The first kappa shape index (κ1) is 20.6. The molecule has 7 nitrogen and oxygen atoms in total. The van der Waals surface area contributed by atoms with Gasteiger partial charge in [-0.15, -0.1) is 6.58 Å². The zero-order valence-corrected chi connectivity index (χ0v) is 15.5. The van der Waals surface area contributed by atoms with Crippen LogP contribution in [0.1, 0.15) is 25.3 Å². The van der Waals surface area contributed by atoms with Crippen molar-refractivity contribution in [3.8, 4) is 0 Å². The molecule has 7 heteroatoms. The van der Waals surface area contributed by atoms with Crippen LogP contribution < -0.4 is 5.32 Å². The van der Waals surface area contributed by atoms with Crippen LogP contribution in [0, 0.1) is 5.92 Å². The van der Waals surface area contributed by atoms with Crippen LogP contribution in [-0.2, 0) is 20.7 Å². The molecule has 3 amide bonds. The van der Waals surface area contributed by atoms with Crippen molar-refractivity contribution in [2.45, 2.75) is 38.3 Å². The van der Waals surface area contributed by atoms with E-state index in [1.54, 1.807) is 13.0 Å². The Bertz CT molecular complexity index is 676. The molecule has 0 spiro atoms. The Morgan fingerprint density at radius 2 is 2.11 bits per heavy atom. The largest absolute Gasteiger partial charge is 0.447 e. The van der Waals surface area contributed by atoms with E-state index in [0.29, 0.717) is 6.42 Å². The van der Waals surface area contributed by atoms with Gasteiger partial charge in [-0.1, -0.05) is 36.4 Å². The lowest BCUT2D eigenvalue weighted by Crippen LogP contribution is -2.45. The van der Waals surface area contributed by atoms with E-state index >= 15 is 0 Å². The average Bonchev–Trinajstić information content (AvgIpc) is 3.01. The average molecular weight is 374 g/mol. The number of imide groups is 1. The van der Waals surface area contributed by atoms with Crippen molar-refractivity contribution in [1.82, 2.24) is 10.2 Å². The highest BCUT2D eigenvalue weighted by Gasteiger charge is 2.40. The number of benzene rings is 1. The third-order valence-corrected chi connectivity index (χ3v) is 4.43. The number of nitrogens with one attached hydrogen (secondary N) is 1. The number of allylic oxidation sites excluding steroid dienone is 1. The molecule has 3 atom stereocenters. The fourth-order valence-electron chi connectivity index (χ4n) is 3.04. The number of rotatable bonds is 9. The van der Waals surface area contributed by atoms with Crippen molar-refractivity contribution >= 4 is 17.9 Å². The smallest absolute Gasteiger partial charge is 0.416 e. The second-order valence-corrected chi connectivity index (χ2v) is 6.71. The third kappa shape index (κ3) is 5.65. The van der Waals surface area contributed by atoms with Crippen molar-refractivity contribution < 1.29 is 24.2 Å². The number of cyclic esters (lactones) is 1. The first-order chi connectivity index (χ1) is 13.0. The van der Waals surface area contributed by atoms with E-state index in [2.05, 4.69) is 11.9 Å². The second-order valence-electron chi connectivity index (χ2n) is 6.71. The quantitative estimate of drug-likeness (QED) is 0.641. The van der Waals surface area contributed by atoms with E-state index in [0.717, 1.165) is 10.5 Å². The number of amides is 3. The predicted octanol–water partition coefficient (Wildman–Crippen LogP) is 1.66. The normalized spacial score (nSPS) is 18.5. The molecule has 0 radical (unpaired) electrons. The molecule has 1 fully saturated rings. The molecule has 1 aliphatic rings. The fourth-order valence-corrected chi connectivity index (χ4v) is 3.04. The van der Waals surface area contributed by atoms with Gasteiger partial charge in [0.15, 0.2) is 0 Å². The number of aliphatic hydroxyl groups excluding tert-OH is 1. The second kappa shape index (κ2) is 9.87. The number of aliphatic hydroxyl groups is 1. The molecule has 0 bridgehead atoms. The highest BCUT2D eigenvalue weighted by molar-refractivity contribution is 5.96. The number of nitrogens with zero attached hydrogens (tertiary/aromatic N) is 1. The van der Waals surface area contributed by atoms with Crippen LogP contribution in [0.25, 0.3) is 0 Å². The van der Waals surface area contributed by atoms with Crippen molar-refractivity contribution in [3.63, 3.8) is 0 Å². The Morgan fingerprint density at radius 3 is 2.74 bits per heavy atom. The molecule has 146 valence electrons. The zero-order chi connectivity index (χ0) is 19.8. The minimum Gasteiger partial charge on any atom is -0.447 e. The molecule has 0 unspecified atom stereocenters. The van der Waals surface area contributed by atoms with Gasteiger partial charge in [0.25, 0.3) is 0 Å². The van der Waals surface area contributed by atoms with Crippen molar-refractivity contribution in [3.05, 3.63) is 48.6 Å². The molecule has 2 rings (SSSR count). The van der Waals surface area contributed by atoms with Crippen LogP contribution in [0.3, 0.4) is 0 Å². The summed E-state index contributed by atoms with van der Waals surface area (Å²) in [6.45, 7) is 5.25. The number of carbonyl (C=O) groups excluding carboxylic acids is 3. The third-order valence-electron chi connectivity index (χ3n) is 4.43. The molecule has 1 saturated heterocycles. The van der Waals surface area contributed by atoms with E-state index < -0.39 is 30.0 Å². The first-order valence-electron chi connectivity index (χ1n) is 9.01. The molecule has 1 aromatic rings. The number of ether oxygens (including phenoxy) is 1. The Kier molecular flexibility index (Phi) is 7.55. The number of carbonyl (C=O) groups is 3. The van der Waals surface area contributed by atoms with Crippen LogP contribution in [0.5, 0.6) is 0 Å². The van der Waals surface area contributed by atoms with Gasteiger partial charge in [-0.05, 0) is 25.3 Å². The summed E-state index contributed by atoms with van der Waals surface area (Å²) in [7, 11) is 0. The van der Waals surface area contributed by atoms with E-state index in [1.807, 2.05) is 30.3 Å². The van der Waals surface area contributed by atoms with Crippen molar-refractivity contribution in [2.24, 2.45) is 5.92 Å². The van der Waals surface area contributed by atoms with Crippen LogP contribution >= 0.6 is 0 Å². The highest BCUT2D eigenvalue weighted by Crippen LogP contribution is 2.23. The molecule has 1 aliphatic heterocycles. The summed E-state index contributed by atoms with van der Waals surface area (Å²) in [5.41, 5.74) is 0.994. The van der Waals surface area contributed by atoms with E-state index in [1.165, 1.54) is 0 Å². The van der Waals surface area contributed by atoms with E-state index in [4.69, 9.17) is 9.84 Å². The van der Waals surface area contributed by atoms with Gasteiger partial charge in [-0.2, -0.15) is 0 Å². The van der Waals surface area contributed by atoms with Gasteiger partial charge in [-0.25, -0.2) is 9.69 Å². The van der Waals surface area contributed by atoms with Gasteiger partial charge in [0.05, 0.1) is 18.6 Å². The minimum atomic E-state index is -0.711. The predicted molar refractivity (Wildman–Crippen MR) is 99.7 cm³/mol. The summed E-state index contributed by atoms with van der Waals surface area (Å²) >= 11 is 0. The lowest BCUT2D eigenvalue weighted by molar-refractivity contribution is -0.136. The molecular formula is C20H26N2O5. The standard InChI is InChI=1S/C20H26N2O5/c1-3-7-16(11-18(24)21-14(2)12-23)19(25)22-17(13-27-20(22)26)10-15-8-5-4-6-9-15/h3-6,8-9,14,16-17,23H,1,7,10-13H2,2H3,(H,21,24)/t14-,16+,17-/m0/s1. The van der Waals surface area contributed by atoms with Crippen molar-refractivity contribution in [2.75, 3.05) is 13.2 Å². The van der Waals surface area contributed by atoms with Gasteiger partial charge in [-0.3, -0.25) is 9.59 Å². The Balaban J connectivity index is 2.10. The summed E-state index contributed by atoms with van der Waals surface area (Å²) in [6, 6.07) is 8.74. The van der Waals surface area contributed by atoms with Crippen LogP contribution in [0.15, 0.2) is 43.0 Å². The van der Waals surface area contributed by atoms with Crippen LogP contribution in [0.2, 0.25) is 0 Å². The topological polar surface area (TPSA) is 95.9 Å². The summed E-state index contributed by atoms with van der Waals surface area (Å²) in [5.74, 6) is -1.51. The van der Waals surface area contributed by atoms with Gasteiger partial charge in [0.1, 0.15) is 6.61 Å². The molecular weight excluding hydrogens is 348 g/mol. The molecule has 2 N–H and O–H groups in total. The lowest BCUT2D eigenvalue weighted by Gasteiger charge is -2.24. The van der Waals surface area contributed by atoms with E-state index in [-0.39, 0.29) is 32.0 Å².